The molecular formula is C12H19NO2. The molecule has 0 saturated carbocycles. The number of rotatable bonds is 4. The third-order valence-corrected chi connectivity index (χ3v) is 2.37. The molecule has 0 saturated heterocycles. The first-order valence-corrected chi connectivity index (χ1v) is 5.17. The van der Waals surface area contributed by atoms with Crippen LogP contribution in [0.3, 0.4) is 0 Å². The molecule has 3 heteroatoms. The van der Waals surface area contributed by atoms with Crippen LogP contribution in [-0.2, 0) is 0 Å². The molecule has 1 atom stereocenters. The molecule has 1 rings (SSSR count). The van der Waals surface area contributed by atoms with Gasteiger partial charge in [-0.3, -0.25) is 0 Å². The van der Waals surface area contributed by atoms with E-state index in [2.05, 4.69) is 13.8 Å². The third kappa shape index (κ3) is 2.86. The smallest absolute Gasteiger partial charge is 0.162 e. The van der Waals surface area contributed by atoms with Crippen LogP contribution in [0.25, 0.3) is 0 Å². The summed E-state index contributed by atoms with van der Waals surface area (Å²) in [5.74, 6) is 1.14. The molecule has 0 heterocycles. The fourth-order valence-corrected chi connectivity index (χ4v) is 1.64. The molecule has 0 unspecified atom stereocenters. The standard InChI is InChI=1S/C12H19NO2/c1-8(2)7-10(13)9-5-4-6-11(15-3)12(9)14/h4-6,8,10,14H,7,13H2,1-3H3/t10-/m1/s1. The maximum atomic E-state index is 9.87. The van der Waals surface area contributed by atoms with Gasteiger partial charge in [0.1, 0.15) is 0 Å². The van der Waals surface area contributed by atoms with Crippen molar-refractivity contribution in [2.45, 2.75) is 26.3 Å². The van der Waals surface area contributed by atoms with Crippen molar-refractivity contribution in [2.75, 3.05) is 7.11 Å². The minimum absolute atomic E-state index is 0.139. The molecule has 3 N–H and O–H groups in total. The second kappa shape index (κ2) is 5.03. The second-order valence-corrected chi connectivity index (χ2v) is 4.13. The topological polar surface area (TPSA) is 55.5 Å². The lowest BCUT2D eigenvalue weighted by Gasteiger charge is -2.17. The molecule has 0 aliphatic carbocycles. The lowest BCUT2D eigenvalue weighted by molar-refractivity contribution is 0.366. The van der Waals surface area contributed by atoms with Gasteiger partial charge >= 0.3 is 0 Å². The van der Waals surface area contributed by atoms with E-state index in [1.165, 1.54) is 7.11 Å². The normalized spacial score (nSPS) is 12.9. The summed E-state index contributed by atoms with van der Waals surface area (Å²) in [6.07, 6.45) is 0.848. The Morgan fingerprint density at radius 3 is 2.60 bits per heavy atom. The molecule has 3 nitrogen and oxygen atoms in total. The van der Waals surface area contributed by atoms with Gasteiger partial charge in [0.15, 0.2) is 11.5 Å². The van der Waals surface area contributed by atoms with Crippen molar-refractivity contribution in [1.29, 1.82) is 0 Å². The molecule has 0 amide bonds. The van der Waals surface area contributed by atoms with E-state index in [1.807, 2.05) is 12.1 Å². The highest BCUT2D eigenvalue weighted by molar-refractivity contribution is 5.46. The lowest BCUT2D eigenvalue weighted by atomic mass is 9.97. The van der Waals surface area contributed by atoms with E-state index in [-0.39, 0.29) is 11.8 Å². The number of para-hydroxylation sites is 1. The van der Waals surface area contributed by atoms with Crippen molar-refractivity contribution in [2.24, 2.45) is 11.7 Å². The number of hydrogen-bond donors (Lipinski definition) is 2. The van der Waals surface area contributed by atoms with Crippen molar-refractivity contribution in [1.82, 2.24) is 0 Å². The molecule has 84 valence electrons. The fourth-order valence-electron chi connectivity index (χ4n) is 1.64. The van der Waals surface area contributed by atoms with E-state index >= 15 is 0 Å². The molecular weight excluding hydrogens is 190 g/mol. The van der Waals surface area contributed by atoms with E-state index in [0.29, 0.717) is 11.7 Å². The first-order valence-electron chi connectivity index (χ1n) is 5.17. The highest BCUT2D eigenvalue weighted by Crippen LogP contribution is 2.34. The number of phenolic OH excluding ortho intramolecular Hbond substituents is 1. The first kappa shape index (κ1) is 11.9. The van der Waals surface area contributed by atoms with Crippen molar-refractivity contribution >= 4 is 0 Å². The van der Waals surface area contributed by atoms with Gasteiger partial charge < -0.3 is 15.6 Å². The summed E-state index contributed by atoms with van der Waals surface area (Å²) in [5.41, 5.74) is 6.76. The molecule has 0 spiro atoms. The molecule has 0 aromatic heterocycles. The molecule has 0 aliphatic rings. The van der Waals surface area contributed by atoms with Crippen LogP contribution >= 0.6 is 0 Å². The zero-order valence-corrected chi connectivity index (χ0v) is 9.53. The Morgan fingerprint density at radius 1 is 1.40 bits per heavy atom. The third-order valence-electron chi connectivity index (χ3n) is 2.37. The van der Waals surface area contributed by atoms with Crippen LogP contribution < -0.4 is 10.5 Å². The monoisotopic (exact) mass is 209 g/mol. The molecule has 1 aromatic rings. The summed E-state index contributed by atoms with van der Waals surface area (Å²) in [7, 11) is 1.53. The van der Waals surface area contributed by atoms with Gasteiger partial charge in [-0.1, -0.05) is 26.0 Å². The van der Waals surface area contributed by atoms with E-state index in [1.54, 1.807) is 6.07 Å². The Labute approximate surface area is 90.9 Å². The molecule has 0 radical (unpaired) electrons. The van der Waals surface area contributed by atoms with Crippen LogP contribution in [0, 0.1) is 5.92 Å². The van der Waals surface area contributed by atoms with Crippen LogP contribution in [-0.4, -0.2) is 12.2 Å². The first-order chi connectivity index (χ1) is 7.06. The number of aromatic hydroxyl groups is 1. The summed E-state index contributed by atoms with van der Waals surface area (Å²) in [6, 6.07) is 5.26. The lowest BCUT2D eigenvalue weighted by Crippen LogP contribution is -2.13. The van der Waals surface area contributed by atoms with Crippen LogP contribution in [0.4, 0.5) is 0 Å². The highest BCUT2D eigenvalue weighted by Gasteiger charge is 2.15. The number of ether oxygens (including phenoxy) is 1. The van der Waals surface area contributed by atoms with E-state index < -0.39 is 0 Å². The number of hydrogen-bond acceptors (Lipinski definition) is 3. The van der Waals surface area contributed by atoms with Gasteiger partial charge in [0.2, 0.25) is 0 Å². The Morgan fingerprint density at radius 2 is 2.07 bits per heavy atom. The van der Waals surface area contributed by atoms with Crippen LogP contribution in [0.15, 0.2) is 18.2 Å². The predicted molar refractivity (Wildman–Crippen MR) is 61.0 cm³/mol. The van der Waals surface area contributed by atoms with Crippen molar-refractivity contribution in [3.8, 4) is 11.5 Å². The number of methoxy groups -OCH3 is 1. The summed E-state index contributed by atoms with van der Waals surface area (Å²) in [5, 5.41) is 9.87. The van der Waals surface area contributed by atoms with E-state index in [4.69, 9.17) is 10.5 Å². The Kier molecular flexibility index (Phi) is 3.97. The van der Waals surface area contributed by atoms with Gasteiger partial charge in [-0.15, -0.1) is 0 Å². The summed E-state index contributed by atoms with van der Waals surface area (Å²) in [6.45, 7) is 4.22. The van der Waals surface area contributed by atoms with Gasteiger partial charge in [0, 0.05) is 11.6 Å². The average Bonchev–Trinajstić information content (AvgIpc) is 2.17. The number of phenols is 1. The largest absolute Gasteiger partial charge is 0.504 e. The summed E-state index contributed by atoms with van der Waals surface area (Å²) in [4.78, 5) is 0. The van der Waals surface area contributed by atoms with Crippen LogP contribution in [0.2, 0.25) is 0 Å². The van der Waals surface area contributed by atoms with Crippen LogP contribution in [0.5, 0.6) is 11.5 Å². The number of nitrogens with two attached hydrogens (primary N) is 1. The van der Waals surface area contributed by atoms with Crippen molar-refractivity contribution in [3.05, 3.63) is 23.8 Å². The number of benzene rings is 1. The Hall–Kier alpha value is -1.22. The molecule has 0 fully saturated rings. The van der Waals surface area contributed by atoms with Gasteiger partial charge in [0.25, 0.3) is 0 Å². The predicted octanol–water partition coefficient (Wildman–Crippen LogP) is 2.45. The van der Waals surface area contributed by atoms with Gasteiger partial charge in [-0.25, -0.2) is 0 Å². The molecule has 1 aromatic carbocycles. The van der Waals surface area contributed by atoms with Gasteiger partial charge in [-0.2, -0.15) is 0 Å². The zero-order chi connectivity index (χ0) is 11.4. The van der Waals surface area contributed by atoms with Gasteiger partial charge in [-0.05, 0) is 18.4 Å². The molecule has 15 heavy (non-hydrogen) atoms. The quantitative estimate of drug-likeness (QED) is 0.800. The second-order valence-electron chi connectivity index (χ2n) is 4.13. The van der Waals surface area contributed by atoms with Crippen molar-refractivity contribution in [3.63, 3.8) is 0 Å². The maximum absolute atomic E-state index is 9.87. The van der Waals surface area contributed by atoms with Crippen molar-refractivity contribution < 1.29 is 9.84 Å². The minimum Gasteiger partial charge on any atom is -0.504 e. The maximum Gasteiger partial charge on any atom is 0.162 e. The minimum atomic E-state index is -0.139. The average molecular weight is 209 g/mol. The van der Waals surface area contributed by atoms with Gasteiger partial charge in [0.05, 0.1) is 7.11 Å². The molecule has 0 bridgehead atoms. The SMILES string of the molecule is COc1cccc([C@H](N)CC(C)C)c1O. The Balaban J connectivity index is 2.93. The van der Waals surface area contributed by atoms with E-state index in [9.17, 15) is 5.11 Å². The summed E-state index contributed by atoms with van der Waals surface area (Å²) >= 11 is 0. The summed E-state index contributed by atoms with van der Waals surface area (Å²) < 4.78 is 5.04. The molecule has 0 aliphatic heterocycles. The van der Waals surface area contributed by atoms with Crippen LogP contribution in [0.1, 0.15) is 31.9 Å². The highest BCUT2D eigenvalue weighted by atomic mass is 16.5. The fraction of sp³-hybridized carbons (Fsp3) is 0.500. The van der Waals surface area contributed by atoms with E-state index in [0.717, 1.165) is 12.0 Å². The Bertz CT molecular complexity index is 323. The zero-order valence-electron chi connectivity index (χ0n) is 9.53.